The molecular formula is C9H11N3O3S2. The van der Waals surface area contributed by atoms with E-state index in [-0.39, 0.29) is 24.4 Å². The average molecular weight is 273 g/mol. The lowest BCUT2D eigenvalue weighted by Crippen LogP contribution is -2.04. The summed E-state index contributed by atoms with van der Waals surface area (Å²) >= 11 is 1.38. The van der Waals surface area contributed by atoms with E-state index in [0.717, 1.165) is 4.88 Å². The number of ketones is 1. The van der Waals surface area contributed by atoms with Gasteiger partial charge in [0.25, 0.3) is 0 Å². The van der Waals surface area contributed by atoms with Gasteiger partial charge in [0.2, 0.25) is 10.0 Å². The van der Waals surface area contributed by atoms with Crippen molar-refractivity contribution in [2.75, 3.05) is 5.75 Å². The van der Waals surface area contributed by atoms with Crippen LogP contribution in [0, 0.1) is 6.92 Å². The van der Waals surface area contributed by atoms with E-state index >= 15 is 0 Å². The number of carbonyl (C=O) groups excluding carboxylic acids is 1. The summed E-state index contributed by atoms with van der Waals surface area (Å²) in [6, 6.07) is 3.57. The fourth-order valence-corrected chi connectivity index (χ4v) is 2.76. The quantitative estimate of drug-likeness (QED) is 0.344. The highest BCUT2D eigenvalue weighted by atomic mass is 32.2. The first-order valence-corrected chi connectivity index (χ1v) is 7.26. The molecule has 0 aromatic carbocycles. The zero-order valence-corrected chi connectivity index (χ0v) is 10.8. The molecule has 1 heterocycles. The molecule has 0 spiro atoms. The third kappa shape index (κ3) is 4.56. The van der Waals surface area contributed by atoms with Crippen LogP contribution in [0.4, 0.5) is 0 Å². The van der Waals surface area contributed by atoms with Crippen LogP contribution in [0.25, 0.3) is 10.4 Å². The summed E-state index contributed by atoms with van der Waals surface area (Å²) in [7, 11) is -3.74. The van der Waals surface area contributed by atoms with Crippen molar-refractivity contribution in [3.8, 4) is 0 Å². The Kier molecular flexibility index (Phi) is 4.68. The molecule has 92 valence electrons. The van der Waals surface area contributed by atoms with Crippen LogP contribution in [0.2, 0.25) is 0 Å². The van der Waals surface area contributed by atoms with E-state index < -0.39 is 10.0 Å². The number of sulfonamides is 1. The molecule has 0 saturated carbocycles. The van der Waals surface area contributed by atoms with Crippen molar-refractivity contribution in [2.24, 2.45) is 4.52 Å². The summed E-state index contributed by atoms with van der Waals surface area (Å²) in [6.07, 6.45) is 0.303. The van der Waals surface area contributed by atoms with Crippen LogP contribution < -0.4 is 0 Å². The smallest absolute Gasteiger partial charge is 0.235 e. The van der Waals surface area contributed by atoms with Gasteiger partial charge >= 0.3 is 0 Å². The summed E-state index contributed by atoms with van der Waals surface area (Å²) in [5.74, 6) is -0.382. The van der Waals surface area contributed by atoms with Gasteiger partial charge in [0.05, 0.1) is 10.6 Å². The van der Waals surface area contributed by atoms with E-state index in [4.69, 9.17) is 5.53 Å². The number of hydrogen-bond donors (Lipinski definition) is 0. The van der Waals surface area contributed by atoms with Gasteiger partial charge in [-0.2, -0.15) is 0 Å². The Bertz CT molecular complexity index is 556. The van der Waals surface area contributed by atoms with Crippen molar-refractivity contribution in [3.05, 3.63) is 32.3 Å². The van der Waals surface area contributed by atoms with E-state index in [1.165, 1.54) is 11.3 Å². The maximum atomic E-state index is 11.6. The Balaban J connectivity index is 2.48. The molecule has 0 atom stereocenters. The summed E-state index contributed by atoms with van der Waals surface area (Å²) in [5, 5.41) is 0. The molecule has 0 saturated heterocycles. The van der Waals surface area contributed by atoms with Crippen molar-refractivity contribution in [2.45, 2.75) is 19.8 Å². The van der Waals surface area contributed by atoms with Crippen LogP contribution in [0.15, 0.2) is 16.7 Å². The minimum atomic E-state index is -3.74. The summed E-state index contributed by atoms with van der Waals surface area (Å²) in [5.41, 5.74) is 8.01. The van der Waals surface area contributed by atoms with Crippen LogP contribution in [0.3, 0.4) is 0 Å². The normalized spacial score (nSPS) is 10.9. The lowest BCUT2D eigenvalue weighted by molar-refractivity contribution is 0.0986. The number of carbonyl (C=O) groups is 1. The van der Waals surface area contributed by atoms with Crippen LogP contribution in [-0.4, -0.2) is 20.0 Å². The van der Waals surface area contributed by atoms with E-state index in [1.807, 2.05) is 13.0 Å². The number of thiophene rings is 1. The number of rotatable bonds is 6. The minimum absolute atomic E-state index is 0.0840. The molecule has 0 aliphatic rings. The lowest BCUT2D eigenvalue weighted by atomic mass is 10.2. The van der Waals surface area contributed by atoms with Crippen LogP contribution >= 0.6 is 11.3 Å². The highest BCUT2D eigenvalue weighted by molar-refractivity contribution is 7.89. The molecule has 6 nitrogen and oxygen atoms in total. The maximum absolute atomic E-state index is 11.6. The van der Waals surface area contributed by atoms with E-state index in [1.54, 1.807) is 6.07 Å². The fourth-order valence-electron chi connectivity index (χ4n) is 1.22. The SMILES string of the molecule is Cc1ccc(C(=O)CCCS(=O)(=O)N=[N+]=[N-])s1. The number of hydrogen-bond acceptors (Lipinski definition) is 4. The molecule has 0 amide bonds. The molecule has 0 unspecified atom stereocenters. The van der Waals surface area contributed by atoms with Crippen LogP contribution in [0.1, 0.15) is 27.4 Å². The predicted molar refractivity (Wildman–Crippen MR) is 65.6 cm³/mol. The zero-order valence-electron chi connectivity index (χ0n) is 9.16. The van der Waals surface area contributed by atoms with Gasteiger partial charge in [-0.15, -0.1) is 11.3 Å². The Morgan fingerprint density at radius 3 is 2.76 bits per heavy atom. The fraction of sp³-hybridized carbons (Fsp3) is 0.444. The molecular weight excluding hydrogens is 262 g/mol. The molecule has 0 fully saturated rings. The van der Waals surface area contributed by atoms with E-state index in [9.17, 15) is 13.2 Å². The molecule has 1 aromatic rings. The summed E-state index contributed by atoms with van der Waals surface area (Å²) in [4.78, 5) is 15.5. The Labute approximate surface area is 103 Å². The second-order valence-corrected chi connectivity index (χ2v) is 6.42. The van der Waals surface area contributed by atoms with Crippen molar-refractivity contribution >= 4 is 27.1 Å². The second kappa shape index (κ2) is 5.81. The lowest BCUT2D eigenvalue weighted by Gasteiger charge is -1.97. The molecule has 0 bridgehead atoms. The Morgan fingerprint density at radius 2 is 2.24 bits per heavy atom. The van der Waals surface area contributed by atoms with Gasteiger partial charge < -0.3 is 0 Å². The highest BCUT2D eigenvalue weighted by Gasteiger charge is 2.12. The monoisotopic (exact) mass is 273 g/mol. The molecule has 0 N–H and O–H groups in total. The Hall–Kier alpha value is -1.37. The molecule has 17 heavy (non-hydrogen) atoms. The zero-order chi connectivity index (χ0) is 12.9. The number of nitrogens with zero attached hydrogens (tertiary/aromatic N) is 3. The molecule has 8 heteroatoms. The van der Waals surface area contributed by atoms with Crippen molar-refractivity contribution in [1.29, 1.82) is 0 Å². The molecule has 0 radical (unpaired) electrons. The van der Waals surface area contributed by atoms with E-state index in [2.05, 4.69) is 9.43 Å². The van der Waals surface area contributed by atoms with Gasteiger partial charge in [-0.25, -0.2) is 8.42 Å². The largest absolute Gasteiger partial charge is 0.293 e. The topological polar surface area (TPSA) is 100.0 Å². The molecule has 0 aliphatic carbocycles. The first-order valence-electron chi connectivity index (χ1n) is 4.83. The van der Waals surface area contributed by atoms with Crippen molar-refractivity contribution in [1.82, 2.24) is 0 Å². The van der Waals surface area contributed by atoms with Gasteiger partial charge in [-0.05, 0) is 31.0 Å². The number of aryl methyl sites for hydroxylation is 1. The van der Waals surface area contributed by atoms with Gasteiger partial charge in [0.1, 0.15) is 0 Å². The van der Waals surface area contributed by atoms with E-state index in [0.29, 0.717) is 4.88 Å². The second-order valence-electron chi connectivity index (χ2n) is 3.39. The third-order valence-electron chi connectivity index (χ3n) is 1.98. The first kappa shape index (κ1) is 13.7. The van der Waals surface area contributed by atoms with Gasteiger partial charge in [0, 0.05) is 20.7 Å². The van der Waals surface area contributed by atoms with Crippen LogP contribution in [-0.2, 0) is 10.0 Å². The van der Waals surface area contributed by atoms with Gasteiger partial charge in [-0.3, -0.25) is 4.79 Å². The van der Waals surface area contributed by atoms with Crippen molar-refractivity contribution in [3.63, 3.8) is 0 Å². The standard InChI is InChI=1S/C9H11N3O3S2/c1-7-4-5-9(16-7)8(13)3-2-6-17(14,15)12-11-10/h4-5H,2-3,6H2,1H3. The summed E-state index contributed by atoms with van der Waals surface area (Å²) in [6.45, 7) is 1.90. The maximum Gasteiger partial charge on any atom is 0.235 e. The van der Waals surface area contributed by atoms with Crippen LogP contribution in [0.5, 0.6) is 0 Å². The highest BCUT2D eigenvalue weighted by Crippen LogP contribution is 2.17. The Morgan fingerprint density at radius 1 is 1.53 bits per heavy atom. The van der Waals surface area contributed by atoms with Gasteiger partial charge in [-0.1, -0.05) is 0 Å². The first-order chi connectivity index (χ1) is 7.94. The molecule has 1 rings (SSSR count). The summed E-state index contributed by atoms with van der Waals surface area (Å²) < 4.78 is 24.7. The number of azide groups is 1. The molecule has 1 aromatic heterocycles. The van der Waals surface area contributed by atoms with Crippen molar-refractivity contribution < 1.29 is 13.2 Å². The number of Topliss-reactive ketones (excluding diaryl/α,β-unsaturated/α-hetero) is 1. The third-order valence-corrected chi connectivity index (χ3v) is 4.15. The molecule has 0 aliphatic heterocycles. The van der Waals surface area contributed by atoms with Gasteiger partial charge in [0.15, 0.2) is 5.78 Å². The minimum Gasteiger partial charge on any atom is -0.293 e. The average Bonchev–Trinajstić information content (AvgIpc) is 2.64. The predicted octanol–water partition coefficient (Wildman–Crippen LogP) is 2.66.